The number of hydrogen-bond acceptors (Lipinski definition) is 2. The predicted octanol–water partition coefficient (Wildman–Crippen LogP) is 3.12. The van der Waals surface area contributed by atoms with Crippen LogP contribution in [0.3, 0.4) is 0 Å². The zero-order valence-corrected chi connectivity index (χ0v) is 10.7. The van der Waals surface area contributed by atoms with Crippen LogP contribution >= 0.6 is 0 Å². The number of rotatable bonds is 2. The van der Waals surface area contributed by atoms with Gasteiger partial charge >= 0.3 is 0 Å². The molecule has 3 nitrogen and oxygen atoms in total. The molecule has 16 heavy (non-hydrogen) atoms. The highest BCUT2D eigenvalue weighted by Gasteiger charge is 2.00. The number of fused-ring (bicyclic) bond motifs is 1. The van der Waals surface area contributed by atoms with E-state index >= 15 is 0 Å². The molecule has 0 saturated heterocycles. The number of aromatic nitrogens is 2. The first kappa shape index (κ1) is 14.6. The molecule has 0 radical (unpaired) electrons. The van der Waals surface area contributed by atoms with Gasteiger partial charge in [0.2, 0.25) is 0 Å². The normalized spacial score (nSPS) is 8.81. The van der Waals surface area contributed by atoms with Crippen molar-refractivity contribution < 1.29 is 0 Å². The molecule has 0 aliphatic carbocycles. The van der Waals surface area contributed by atoms with Crippen LogP contribution in [0.5, 0.6) is 0 Å². The lowest BCUT2D eigenvalue weighted by Gasteiger charge is -1.93. The van der Waals surface area contributed by atoms with Gasteiger partial charge in [0.1, 0.15) is 0 Å². The second-order valence-corrected chi connectivity index (χ2v) is 2.77. The van der Waals surface area contributed by atoms with Crippen LogP contribution < -0.4 is 5.73 Å². The summed E-state index contributed by atoms with van der Waals surface area (Å²) in [5.74, 6) is 0. The van der Waals surface area contributed by atoms with E-state index in [9.17, 15) is 0 Å². The van der Waals surface area contributed by atoms with Crippen molar-refractivity contribution in [3.05, 3.63) is 30.2 Å². The van der Waals surface area contributed by atoms with Gasteiger partial charge in [-0.15, -0.1) is 0 Å². The third-order valence-corrected chi connectivity index (χ3v) is 1.98. The molecule has 0 aliphatic heterocycles. The first-order valence-corrected chi connectivity index (χ1v) is 6.02. The first-order valence-electron chi connectivity index (χ1n) is 6.02. The number of pyridine rings is 1. The van der Waals surface area contributed by atoms with Gasteiger partial charge < -0.3 is 10.7 Å². The molecule has 0 unspecified atom stereocenters. The molecule has 0 amide bonds. The van der Waals surface area contributed by atoms with E-state index in [2.05, 4.69) is 9.97 Å². The average molecular weight is 221 g/mol. The van der Waals surface area contributed by atoms with Gasteiger partial charge in [-0.2, -0.15) is 0 Å². The summed E-state index contributed by atoms with van der Waals surface area (Å²) in [5, 5.41) is 1.18. The molecular weight excluding hydrogens is 198 g/mol. The van der Waals surface area contributed by atoms with E-state index in [0.29, 0.717) is 6.54 Å². The van der Waals surface area contributed by atoms with E-state index in [1.54, 1.807) is 6.20 Å². The Labute approximate surface area is 98.1 Å². The van der Waals surface area contributed by atoms with E-state index in [1.807, 2.05) is 46.2 Å². The number of nitrogens with zero attached hydrogens (tertiary/aromatic N) is 1. The first-order chi connectivity index (χ1) is 7.92. The molecule has 0 bridgehead atoms. The van der Waals surface area contributed by atoms with Gasteiger partial charge in [0.05, 0.1) is 0 Å². The van der Waals surface area contributed by atoms with Gasteiger partial charge in [0, 0.05) is 29.5 Å². The van der Waals surface area contributed by atoms with Crippen molar-refractivity contribution in [3.8, 4) is 0 Å². The summed E-state index contributed by atoms with van der Waals surface area (Å²) in [6.45, 7) is 8.68. The topological polar surface area (TPSA) is 54.7 Å². The Morgan fingerprint density at radius 3 is 2.56 bits per heavy atom. The van der Waals surface area contributed by atoms with E-state index in [4.69, 9.17) is 5.73 Å². The van der Waals surface area contributed by atoms with Crippen LogP contribution in [0.25, 0.3) is 10.9 Å². The van der Waals surface area contributed by atoms with Gasteiger partial charge in [-0.3, -0.25) is 4.98 Å². The average Bonchev–Trinajstić information content (AvgIpc) is 2.79. The smallest absolute Gasteiger partial charge is 0.0487 e. The van der Waals surface area contributed by atoms with E-state index in [1.165, 1.54) is 10.9 Å². The number of hydrogen-bond donors (Lipinski definition) is 2. The van der Waals surface area contributed by atoms with Gasteiger partial charge in [0.25, 0.3) is 0 Å². The fourth-order valence-corrected chi connectivity index (χ4v) is 1.38. The molecule has 0 aromatic carbocycles. The molecule has 3 N–H and O–H groups in total. The van der Waals surface area contributed by atoms with Crippen LogP contribution in [-0.4, -0.2) is 16.5 Å². The van der Waals surface area contributed by atoms with Crippen LogP contribution in [0.1, 0.15) is 33.3 Å². The molecule has 90 valence electrons. The molecule has 2 aromatic rings. The molecular formula is C13H23N3. The molecule has 0 saturated carbocycles. The number of aromatic amines is 1. The summed E-state index contributed by atoms with van der Waals surface area (Å²) < 4.78 is 0. The third kappa shape index (κ3) is 3.66. The van der Waals surface area contributed by atoms with Gasteiger partial charge in [-0.05, 0) is 24.6 Å². The van der Waals surface area contributed by atoms with Crippen LogP contribution in [0.15, 0.2) is 24.7 Å². The molecule has 0 aliphatic rings. The Balaban J connectivity index is 0.000000509. The molecule has 0 fully saturated rings. The highest BCUT2D eigenvalue weighted by molar-refractivity contribution is 5.81. The molecule has 2 aromatic heterocycles. The summed E-state index contributed by atoms with van der Waals surface area (Å²) >= 11 is 0. The Bertz CT molecular complexity index is 379. The van der Waals surface area contributed by atoms with Crippen LogP contribution in [0, 0.1) is 0 Å². The largest absolute Gasteiger partial charge is 0.361 e. The summed E-state index contributed by atoms with van der Waals surface area (Å²) in [4.78, 5) is 7.24. The fraction of sp³-hybridized carbons (Fsp3) is 0.462. The third-order valence-electron chi connectivity index (χ3n) is 1.98. The summed E-state index contributed by atoms with van der Waals surface area (Å²) in [6.07, 6.45) is 6.56. The fourth-order valence-electron chi connectivity index (χ4n) is 1.38. The summed E-state index contributed by atoms with van der Waals surface area (Å²) in [7, 11) is 0. The molecule has 3 heteroatoms. The predicted molar refractivity (Wildman–Crippen MR) is 71.5 cm³/mol. The summed E-state index contributed by atoms with van der Waals surface area (Å²) in [5.41, 5.74) is 7.86. The minimum Gasteiger partial charge on any atom is -0.361 e. The lowest BCUT2D eigenvalue weighted by molar-refractivity contribution is 0.976. The van der Waals surface area contributed by atoms with Crippen molar-refractivity contribution in [2.24, 2.45) is 5.73 Å². The van der Waals surface area contributed by atoms with Gasteiger partial charge in [-0.25, -0.2) is 0 Å². The van der Waals surface area contributed by atoms with Crippen LogP contribution in [-0.2, 0) is 6.42 Å². The Kier molecular flexibility index (Phi) is 8.17. The zero-order chi connectivity index (χ0) is 12.4. The van der Waals surface area contributed by atoms with Gasteiger partial charge in [0.15, 0.2) is 0 Å². The molecule has 2 rings (SSSR count). The quantitative estimate of drug-likeness (QED) is 0.818. The van der Waals surface area contributed by atoms with Crippen molar-refractivity contribution >= 4 is 10.9 Å². The van der Waals surface area contributed by atoms with Crippen molar-refractivity contribution in [2.75, 3.05) is 6.54 Å². The standard InChI is InChI=1S/C9H11N3.2C2H6/c10-3-1-7-5-12-9-2-4-11-6-8(7)9;2*1-2/h2,4-6,12H,1,3,10H2;2*1-2H3. The van der Waals surface area contributed by atoms with Crippen molar-refractivity contribution in [2.45, 2.75) is 34.1 Å². The van der Waals surface area contributed by atoms with Crippen molar-refractivity contribution in [3.63, 3.8) is 0 Å². The number of nitrogens with two attached hydrogens (primary N) is 1. The number of nitrogens with one attached hydrogen (secondary N) is 1. The SMILES string of the molecule is CC.CC.NCCc1c[nH]c2ccncc12. The minimum atomic E-state index is 0.682. The number of H-pyrrole nitrogens is 1. The Hall–Kier alpha value is -1.35. The Morgan fingerprint density at radius 1 is 1.25 bits per heavy atom. The van der Waals surface area contributed by atoms with E-state index < -0.39 is 0 Å². The molecule has 0 atom stereocenters. The second kappa shape index (κ2) is 8.92. The van der Waals surface area contributed by atoms with E-state index in [-0.39, 0.29) is 0 Å². The minimum absolute atomic E-state index is 0.682. The van der Waals surface area contributed by atoms with Crippen LogP contribution in [0.4, 0.5) is 0 Å². The maximum absolute atomic E-state index is 5.48. The highest BCUT2D eigenvalue weighted by atomic mass is 14.7. The van der Waals surface area contributed by atoms with E-state index in [0.717, 1.165) is 11.9 Å². The van der Waals surface area contributed by atoms with Crippen LogP contribution in [0.2, 0.25) is 0 Å². The molecule has 2 heterocycles. The second-order valence-electron chi connectivity index (χ2n) is 2.77. The summed E-state index contributed by atoms with van der Waals surface area (Å²) in [6, 6.07) is 1.97. The highest BCUT2D eigenvalue weighted by Crippen LogP contribution is 2.15. The van der Waals surface area contributed by atoms with Crippen molar-refractivity contribution in [1.82, 2.24) is 9.97 Å². The maximum atomic E-state index is 5.48. The van der Waals surface area contributed by atoms with Gasteiger partial charge in [-0.1, -0.05) is 27.7 Å². The monoisotopic (exact) mass is 221 g/mol. The van der Waals surface area contributed by atoms with Crippen molar-refractivity contribution in [1.29, 1.82) is 0 Å². The molecule has 0 spiro atoms. The zero-order valence-electron chi connectivity index (χ0n) is 10.7. The maximum Gasteiger partial charge on any atom is 0.0487 e. The Morgan fingerprint density at radius 2 is 1.94 bits per heavy atom. The lowest BCUT2D eigenvalue weighted by atomic mass is 10.2. The lowest BCUT2D eigenvalue weighted by Crippen LogP contribution is -2.01.